The Bertz CT molecular complexity index is 546. The number of nitrogens with one attached hydrogen (secondary N) is 1. The summed E-state index contributed by atoms with van der Waals surface area (Å²) in [7, 11) is 1.69. The monoisotopic (exact) mass is 297 g/mol. The van der Waals surface area contributed by atoms with E-state index >= 15 is 0 Å². The van der Waals surface area contributed by atoms with Gasteiger partial charge in [0, 0.05) is 11.6 Å². The fourth-order valence-electron chi connectivity index (χ4n) is 1.77. The third kappa shape index (κ3) is 2.05. The van der Waals surface area contributed by atoms with Crippen molar-refractivity contribution in [3.63, 3.8) is 0 Å². The minimum absolute atomic E-state index is 0.405. The number of imidazole rings is 1. The number of anilines is 1. The summed E-state index contributed by atoms with van der Waals surface area (Å²) in [6.45, 7) is 4.08. The molecule has 1 heterocycles. The second-order valence-corrected chi connectivity index (χ2v) is 5.18. The average molecular weight is 298 g/mol. The van der Waals surface area contributed by atoms with Gasteiger partial charge in [-0.3, -0.25) is 0 Å². The SMILES string of the molecule is CCC(C)(OC)c1nc2c(N)cc(Br)cc2[nH]1. The van der Waals surface area contributed by atoms with Crippen molar-refractivity contribution in [2.45, 2.75) is 25.9 Å². The van der Waals surface area contributed by atoms with Crippen molar-refractivity contribution in [3.8, 4) is 0 Å². The first-order chi connectivity index (χ1) is 8.00. The van der Waals surface area contributed by atoms with Crippen LogP contribution in [0.2, 0.25) is 0 Å². The van der Waals surface area contributed by atoms with E-state index in [2.05, 4.69) is 32.8 Å². The lowest BCUT2D eigenvalue weighted by molar-refractivity contribution is -0.00803. The smallest absolute Gasteiger partial charge is 0.139 e. The molecule has 92 valence electrons. The van der Waals surface area contributed by atoms with Crippen LogP contribution in [0.1, 0.15) is 26.1 Å². The molecule has 2 rings (SSSR count). The molecule has 0 bridgehead atoms. The third-order valence-corrected chi connectivity index (χ3v) is 3.66. The number of aromatic amines is 1. The summed E-state index contributed by atoms with van der Waals surface area (Å²) >= 11 is 3.42. The van der Waals surface area contributed by atoms with Gasteiger partial charge in [-0.15, -0.1) is 0 Å². The van der Waals surface area contributed by atoms with E-state index in [9.17, 15) is 0 Å². The minimum atomic E-state index is -0.405. The Morgan fingerprint density at radius 1 is 1.53 bits per heavy atom. The van der Waals surface area contributed by atoms with Crippen LogP contribution in [0.3, 0.4) is 0 Å². The normalized spacial score (nSPS) is 15.1. The van der Waals surface area contributed by atoms with E-state index in [0.29, 0.717) is 5.69 Å². The standard InChI is InChI=1S/C12H16BrN3O/c1-4-12(2,17-3)11-15-9-6-7(13)5-8(14)10(9)16-11/h5-6H,4,14H2,1-3H3,(H,15,16). The molecule has 1 aromatic carbocycles. The van der Waals surface area contributed by atoms with Crippen molar-refractivity contribution in [1.82, 2.24) is 9.97 Å². The number of hydrogen-bond acceptors (Lipinski definition) is 3. The molecule has 5 heteroatoms. The molecule has 0 aliphatic carbocycles. The van der Waals surface area contributed by atoms with Crippen LogP contribution in [0.5, 0.6) is 0 Å². The highest BCUT2D eigenvalue weighted by Crippen LogP contribution is 2.31. The van der Waals surface area contributed by atoms with Gasteiger partial charge in [-0.1, -0.05) is 22.9 Å². The molecule has 0 aliphatic heterocycles. The maximum Gasteiger partial charge on any atom is 0.139 e. The molecule has 1 aromatic heterocycles. The molecule has 0 radical (unpaired) electrons. The molecule has 0 fully saturated rings. The van der Waals surface area contributed by atoms with Gasteiger partial charge >= 0.3 is 0 Å². The van der Waals surface area contributed by atoms with Crippen LogP contribution in [-0.4, -0.2) is 17.1 Å². The van der Waals surface area contributed by atoms with Gasteiger partial charge in [0.25, 0.3) is 0 Å². The van der Waals surface area contributed by atoms with Crippen LogP contribution < -0.4 is 5.73 Å². The molecule has 0 saturated heterocycles. The van der Waals surface area contributed by atoms with Crippen molar-refractivity contribution in [1.29, 1.82) is 0 Å². The quantitative estimate of drug-likeness (QED) is 0.855. The molecular weight excluding hydrogens is 282 g/mol. The summed E-state index contributed by atoms with van der Waals surface area (Å²) in [5.41, 5.74) is 7.91. The molecule has 4 nitrogen and oxygen atoms in total. The van der Waals surface area contributed by atoms with Crippen LogP contribution in [0.25, 0.3) is 11.0 Å². The van der Waals surface area contributed by atoms with Crippen molar-refractivity contribution in [3.05, 3.63) is 22.4 Å². The number of rotatable bonds is 3. The summed E-state index contributed by atoms with van der Waals surface area (Å²) in [5, 5.41) is 0. The maximum atomic E-state index is 5.94. The highest BCUT2D eigenvalue weighted by molar-refractivity contribution is 9.10. The number of methoxy groups -OCH3 is 1. The molecule has 1 unspecified atom stereocenters. The second-order valence-electron chi connectivity index (χ2n) is 4.27. The number of nitrogen functional groups attached to an aromatic ring is 1. The van der Waals surface area contributed by atoms with Gasteiger partial charge in [-0.25, -0.2) is 4.98 Å². The van der Waals surface area contributed by atoms with Gasteiger partial charge in [0.2, 0.25) is 0 Å². The largest absolute Gasteiger partial charge is 0.397 e. The number of halogens is 1. The number of H-pyrrole nitrogens is 1. The summed E-state index contributed by atoms with van der Waals surface area (Å²) < 4.78 is 6.46. The molecule has 0 amide bonds. The predicted molar refractivity (Wildman–Crippen MR) is 72.9 cm³/mol. The van der Waals surface area contributed by atoms with Crippen LogP contribution in [-0.2, 0) is 10.3 Å². The van der Waals surface area contributed by atoms with Gasteiger partial charge in [0.05, 0.1) is 11.2 Å². The predicted octanol–water partition coefficient (Wildman–Crippen LogP) is 3.18. The van der Waals surface area contributed by atoms with E-state index in [-0.39, 0.29) is 0 Å². The van der Waals surface area contributed by atoms with E-state index in [4.69, 9.17) is 10.5 Å². The van der Waals surface area contributed by atoms with E-state index in [0.717, 1.165) is 27.8 Å². The van der Waals surface area contributed by atoms with E-state index in [1.807, 2.05) is 19.1 Å². The molecule has 0 aliphatic rings. The number of hydrogen-bond donors (Lipinski definition) is 2. The van der Waals surface area contributed by atoms with E-state index in [1.54, 1.807) is 7.11 Å². The first-order valence-corrected chi connectivity index (χ1v) is 6.30. The Hall–Kier alpha value is -1.07. The Labute approximate surface area is 109 Å². The van der Waals surface area contributed by atoms with Gasteiger partial charge in [-0.2, -0.15) is 0 Å². The average Bonchev–Trinajstić information content (AvgIpc) is 2.72. The van der Waals surface area contributed by atoms with Crippen LogP contribution >= 0.6 is 15.9 Å². The Balaban J connectivity index is 2.62. The Morgan fingerprint density at radius 3 is 2.82 bits per heavy atom. The van der Waals surface area contributed by atoms with Crippen LogP contribution in [0.4, 0.5) is 5.69 Å². The summed E-state index contributed by atoms with van der Waals surface area (Å²) in [6, 6.07) is 3.82. The zero-order chi connectivity index (χ0) is 12.6. The first-order valence-electron chi connectivity index (χ1n) is 5.50. The van der Waals surface area contributed by atoms with E-state index in [1.165, 1.54) is 0 Å². The topological polar surface area (TPSA) is 63.9 Å². The lowest BCUT2D eigenvalue weighted by Crippen LogP contribution is -2.24. The van der Waals surface area contributed by atoms with Crippen molar-refractivity contribution in [2.75, 3.05) is 12.8 Å². The second kappa shape index (κ2) is 4.31. The number of aromatic nitrogens is 2. The molecule has 0 saturated carbocycles. The lowest BCUT2D eigenvalue weighted by atomic mass is 10.0. The zero-order valence-electron chi connectivity index (χ0n) is 10.2. The first kappa shape index (κ1) is 12.4. The summed E-state index contributed by atoms with van der Waals surface area (Å²) in [6.07, 6.45) is 0.838. The van der Waals surface area contributed by atoms with Crippen molar-refractivity contribution in [2.24, 2.45) is 0 Å². The molecule has 1 atom stereocenters. The number of ether oxygens (including phenoxy) is 1. The van der Waals surface area contributed by atoms with E-state index < -0.39 is 5.60 Å². The summed E-state index contributed by atoms with van der Waals surface area (Å²) in [4.78, 5) is 7.81. The number of fused-ring (bicyclic) bond motifs is 1. The Kier molecular flexibility index (Phi) is 3.14. The van der Waals surface area contributed by atoms with Crippen LogP contribution in [0.15, 0.2) is 16.6 Å². The fourth-order valence-corrected chi connectivity index (χ4v) is 2.24. The molecular formula is C12H16BrN3O. The maximum absolute atomic E-state index is 5.94. The fraction of sp³-hybridized carbons (Fsp3) is 0.417. The highest BCUT2D eigenvalue weighted by Gasteiger charge is 2.28. The minimum Gasteiger partial charge on any atom is -0.397 e. The highest BCUT2D eigenvalue weighted by atomic mass is 79.9. The summed E-state index contributed by atoms with van der Waals surface area (Å²) in [5.74, 6) is 0.808. The van der Waals surface area contributed by atoms with Gasteiger partial charge in [0.1, 0.15) is 16.9 Å². The molecule has 2 aromatic rings. The van der Waals surface area contributed by atoms with Crippen molar-refractivity contribution < 1.29 is 4.74 Å². The van der Waals surface area contributed by atoms with Gasteiger partial charge < -0.3 is 15.5 Å². The van der Waals surface area contributed by atoms with Crippen molar-refractivity contribution >= 4 is 32.7 Å². The molecule has 17 heavy (non-hydrogen) atoms. The van der Waals surface area contributed by atoms with Gasteiger partial charge in [-0.05, 0) is 25.5 Å². The number of nitrogens with two attached hydrogens (primary N) is 1. The molecule has 3 N–H and O–H groups in total. The number of benzene rings is 1. The molecule has 0 spiro atoms. The Morgan fingerprint density at radius 2 is 2.24 bits per heavy atom. The lowest BCUT2D eigenvalue weighted by Gasteiger charge is -2.23. The van der Waals surface area contributed by atoms with Crippen LogP contribution in [0, 0.1) is 0 Å². The van der Waals surface area contributed by atoms with Gasteiger partial charge in [0.15, 0.2) is 0 Å². The number of nitrogens with zero attached hydrogens (tertiary/aromatic N) is 1. The third-order valence-electron chi connectivity index (χ3n) is 3.21. The zero-order valence-corrected chi connectivity index (χ0v) is 11.8.